The zero-order valence-electron chi connectivity index (χ0n) is 17.5. The van der Waals surface area contributed by atoms with E-state index in [2.05, 4.69) is 6.92 Å². The van der Waals surface area contributed by atoms with Gasteiger partial charge in [-0.1, -0.05) is 19.1 Å². The highest BCUT2D eigenvalue weighted by atomic mass is 16.6. The molecule has 31 heavy (non-hydrogen) atoms. The molecule has 0 radical (unpaired) electrons. The summed E-state index contributed by atoms with van der Waals surface area (Å²) in [6.45, 7) is 3.25. The van der Waals surface area contributed by atoms with Gasteiger partial charge in [0.15, 0.2) is 0 Å². The smallest absolute Gasteiger partial charge is 0.338 e. The average Bonchev–Trinajstić information content (AvgIpc) is 3.39. The van der Waals surface area contributed by atoms with Gasteiger partial charge in [0.2, 0.25) is 0 Å². The van der Waals surface area contributed by atoms with Crippen molar-refractivity contribution in [2.24, 2.45) is 0 Å². The van der Waals surface area contributed by atoms with Crippen LogP contribution in [0.1, 0.15) is 56.4 Å². The van der Waals surface area contributed by atoms with Gasteiger partial charge >= 0.3 is 5.97 Å². The van der Waals surface area contributed by atoms with E-state index in [1.54, 1.807) is 0 Å². The van der Waals surface area contributed by atoms with Crippen molar-refractivity contribution in [2.75, 3.05) is 26.4 Å². The maximum Gasteiger partial charge on any atom is 0.338 e. The lowest BCUT2D eigenvalue weighted by Gasteiger charge is -2.17. The van der Waals surface area contributed by atoms with Gasteiger partial charge in [0, 0.05) is 6.61 Å². The Morgan fingerprint density at radius 1 is 1.10 bits per heavy atom. The molecule has 162 valence electrons. The van der Waals surface area contributed by atoms with Crippen molar-refractivity contribution in [1.82, 2.24) is 4.90 Å². The first-order valence-corrected chi connectivity index (χ1v) is 10.6. The highest BCUT2D eigenvalue weighted by molar-refractivity contribution is 6.22. The van der Waals surface area contributed by atoms with Gasteiger partial charge in [-0.3, -0.25) is 14.5 Å². The van der Waals surface area contributed by atoms with Crippen LogP contribution in [0.25, 0.3) is 0 Å². The molecule has 4 rings (SSSR count). The molecule has 0 spiro atoms. The third-order valence-electron chi connectivity index (χ3n) is 5.51. The van der Waals surface area contributed by atoms with Crippen LogP contribution in [0, 0.1) is 0 Å². The monoisotopic (exact) mass is 423 g/mol. The molecule has 0 saturated carbocycles. The number of imide groups is 1. The Balaban J connectivity index is 1.33. The molecule has 2 heterocycles. The van der Waals surface area contributed by atoms with Crippen molar-refractivity contribution in [3.05, 3.63) is 64.7 Å². The van der Waals surface area contributed by atoms with Gasteiger partial charge in [0.1, 0.15) is 19.0 Å². The normalized spacial score (nSPS) is 17.7. The minimum Gasteiger partial charge on any atom is -0.490 e. The predicted molar refractivity (Wildman–Crippen MR) is 112 cm³/mol. The van der Waals surface area contributed by atoms with Crippen molar-refractivity contribution in [2.45, 2.75) is 32.3 Å². The summed E-state index contributed by atoms with van der Waals surface area (Å²) in [5, 5.41) is 0. The Kier molecular flexibility index (Phi) is 6.32. The molecule has 2 amide bonds. The molecule has 1 fully saturated rings. The molecule has 0 aromatic heterocycles. The SMILES string of the molecule is CCc1cccc(OCCOC(=O)c2ccc3c(c2)C(=O)N(CC2CCCO2)C3=O)c1. The number of hydrogen-bond acceptors (Lipinski definition) is 6. The van der Waals surface area contributed by atoms with Gasteiger partial charge in [0.05, 0.1) is 29.3 Å². The topological polar surface area (TPSA) is 82.1 Å². The number of fused-ring (bicyclic) bond motifs is 1. The van der Waals surface area contributed by atoms with Crippen LogP contribution in [0.5, 0.6) is 5.75 Å². The molecule has 2 aliphatic heterocycles. The number of amides is 2. The Hall–Kier alpha value is -3.19. The fourth-order valence-corrected chi connectivity index (χ4v) is 3.81. The first-order chi connectivity index (χ1) is 15.1. The number of ether oxygens (including phenoxy) is 3. The van der Waals surface area contributed by atoms with Crippen molar-refractivity contribution >= 4 is 17.8 Å². The van der Waals surface area contributed by atoms with Crippen LogP contribution in [0.3, 0.4) is 0 Å². The van der Waals surface area contributed by atoms with Crippen LogP contribution in [0.2, 0.25) is 0 Å². The van der Waals surface area contributed by atoms with Gasteiger partial charge < -0.3 is 14.2 Å². The van der Waals surface area contributed by atoms with Crippen LogP contribution in [-0.4, -0.2) is 55.2 Å². The fourth-order valence-electron chi connectivity index (χ4n) is 3.81. The highest BCUT2D eigenvalue weighted by Gasteiger charge is 2.38. The fraction of sp³-hybridized carbons (Fsp3) is 0.375. The van der Waals surface area contributed by atoms with Crippen LogP contribution < -0.4 is 4.74 Å². The number of hydrogen-bond donors (Lipinski definition) is 0. The Morgan fingerprint density at radius 3 is 2.71 bits per heavy atom. The van der Waals surface area contributed by atoms with Crippen molar-refractivity contribution in [1.29, 1.82) is 0 Å². The lowest BCUT2D eigenvalue weighted by Crippen LogP contribution is -2.36. The summed E-state index contributed by atoms with van der Waals surface area (Å²) in [5.74, 6) is -0.586. The molecular formula is C24H25NO6. The van der Waals surface area contributed by atoms with E-state index >= 15 is 0 Å². The maximum atomic E-state index is 12.7. The minimum absolute atomic E-state index is 0.0737. The molecule has 1 atom stereocenters. The number of esters is 1. The highest BCUT2D eigenvalue weighted by Crippen LogP contribution is 2.26. The van der Waals surface area contributed by atoms with Crippen molar-refractivity contribution in [3.8, 4) is 5.75 Å². The number of rotatable bonds is 8. The quantitative estimate of drug-likeness (QED) is 0.368. The summed E-state index contributed by atoms with van der Waals surface area (Å²) in [4.78, 5) is 38.9. The van der Waals surface area contributed by atoms with Crippen LogP contribution in [0.4, 0.5) is 0 Å². The first kappa shape index (κ1) is 21.1. The van der Waals surface area contributed by atoms with E-state index in [-0.39, 0.29) is 42.9 Å². The second-order valence-corrected chi connectivity index (χ2v) is 7.60. The molecule has 7 nitrogen and oxygen atoms in total. The van der Waals surface area contributed by atoms with E-state index in [1.807, 2.05) is 24.3 Å². The molecule has 0 bridgehead atoms. The Labute approximate surface area is 180 Å². The number of benzene rings is 2. The number of aryl methyl sites for hydroxylation is 1. The Morgan fingerprint density at radius 2 is 1.94 bits per heavy atom. The third-order valence-corrected chi connectivity index (χ3v) is 5.51. The first-order valence-electron chi connectivity index (χ1n) is 10.6. The van der Waals surface area contributed by atoms with Gasteiger partial charge in [-0.25, -0.2) is 4.79 Å². The molecular weight excluding hydrogens is 398 g/mol. The summed E-state index contributed by atoms with van der Waals surface area (Å²) in [5.41, 5.74) is 1.93. The lowest BCUT2D eigenvalue weighted by molar-refractivity contribution is 0.0449. The zero-order chi connectivity index (χ0) is 21.8. The van der Waals surface area contributed by atoms with Gasteiger partial charge in [-0.15, -0.1) is 0 Å². The van der Waals surface area contributed by atoms with Crippen LogP contribution in [-0.2, 0) is 15.9 Å². The van der Waals surface area contributed by atoms with E-state index in [1.165, 1.54) is 28.7 Å². The van der Waals surface area contributed by atoms with Crippen LogP contribution in [0.15, 0.2) is 42.5 Å². The van der Waals surface area contributed by atoms with Gasteiger partial charge in [-0.2, -0.15) is 0 Å². The lowest BCUT2D eigenvalue weighted by atomic mass is 10.1. The second kappa shape index (κ2) is 9.31. The number of carbonyl (C=O) groups excluding carboxylic acids is 3. The van der Waals surface area contributed by atoms with Crippen molar-refractivity contribution in [3.63, 3.8) is 0 Å². The van der Waals surface area contributed by atoms with E-state index in [0.29, 0.717) is 12.2 Å². The standard InChI is InChI=1S/C24H25NO6/c1-2-16-5-3-6-18(13-16)30-11-12-31-24(28)17-8-9-20-21(14-17)23(27)25(22(20)26)15-19-7-4-10-29-19/h3,5-6,8-9,13-14,19H,2,4,7,10-12,15H2,1H3. The summed E-state index contributed by atoms with van der Waals surface area (Å²) in [6.07, 6.45) is 2.55. The minimum atomic E-state index is -0.563. The number of carbonyl (C=O) groups is 3. The van der Waals surface area contributed by atoms with Gasteiger partial charge in [0.25, 0.3) is 11.8 Å². The molecule has 7 heteroatoms. The van der Waals surface area contributed by atoms with E-state index < -0.39 is 11.9 Å². The summed E-state index contributed by atoms with van der Waals surface area (Å²) in [7, 11) is 0. The molecule has 0 N–H and O–H groups in total. The molecule has 2 aromatic carbocycles. The molecule has 0 aliphatic carbocycles. The van der Waals surface area contributed by atoms with E-state index in [0.717, 1.165) is 25.0 Å². The average molecular weight is 423 g/mol. The predicted octanol–water partition coefficient (Wildman–Crippen LogP) is 3.26. The largest absolute Gasteiger partial charge is 0.490 e. The summed E-state index contributed by atoms with van der Waals surface area (Å²) in [6, 6.07) is 12.2. The summed E-state index contributed by atoms with van der Waals surface area (Å²) >= 11 is 0. The van der Waals surface area contributed by atoms with Crippen molar-refractivity contribution < 1.29 is 28.6 Å². The van der Waals surface area contributed by atoms with E-state index in [9.17, 15) is 14.4 Å². The number of nitrogens with zero attached hydrogens (tertiary/aromatic N) is 1. The van der Waals surface area contributed by atoms with Gasteiger partial charge in [-0.05, 0) is 55.2 Å². The Bertz CT molecular complexity index is 995. The molecule has 2 aliphatic rings. The maximum absolute atomic E-state index is 12.7. The third kappa shape index (κ3) is 4.61. The molecule has 1 saturated heterocycles. The van der Waals surface area contributed by atoms with E-state index in [4.69, 9.17) is 14.2 Å². The molecule has 1 unspecified atom stereocenters. The zero-order valence-corrected chi connectivity index (χ0v) is 17.5. The summed E-state index contributed by atoms with van der Waals surface area (Å²) < 4.78 is 16.4. The van der Waals surface area contributed by atoms with Crippen LogP contribution >= 0.6 is 0 Å². The molecule has 2 aromatic rings. The second-order valence-electron chi connectivity index (χ2n) is 7.60.